The summed E-state index contributed by atoms with van der Waals surface area (Å²) >= 11 is 0. The van der Waals surface area contributed by atoms with Gasteiger partial charge in [-0.25, -0.2) is 0 Å². The van der Waals surface area contributed by atoms with Crippen molar-refractivity contribution in [3.63, 3.8) is 0 Å². The summed E-state index contributed by atoms with van der Waals surface area (Å²) in [5, 5.41) is 0. The Balaban J connectivity index is 2.58. The van der Waals surface area contributed by atoms with Gasteiger partial charge in [-0.3, -0.25) is 9.59 Å². The van der Waals surface area contributed by atoms with Gasteiger partial charge in [-0.05, 0) is 6.42 Å². The maximum Gasteiger partial charge on any atom is 0.318 e. The first-order chi connectivity index (χ1) is 4.24. The van der Waals surface area contributed by atoms with Crippen LogP contribution in [0.3, 0.4) is 0 Å². The summed E-state index contributed by atoms with van der Waals surface area (Å²) < 4.78 is 4.23. The molecular formula is C6H7O3. The molecule has 1 aliphatic heterocycles. The summed E-state index contributed by atoms with van der Waals surface area (Å²) in [7, 11) is 0. The zero-order valence-electron chi connectivity index (χ0n) is 5.09. The highest BCUT2D eigenvalue weighted by atomic mass is 16.6. The van der Waals surface area contributed by atoms with Crippen LogP contribution in [0.2, 0.25) is 0 Å². The lowest BCUT2D eigenvalue weighted by Gasteiger charge is -1.93. The summed E-state index contributed by atoms with van der Waals surface area (Å²) in [5.74, 6) is -1.22. The minimum absolute atomic E-state index is 0.294. The fraction of sp³-hybridized carbons (Fsp3) is 0.500. The van der Waals surface area contributed by atoms with Crippen LogP contribution in [0.15, 0.2) is 0 Å². The van der Waals surface area contributed by atoms with E-state index in [1.54, 1.807) is 0 Å². The molecule has 1 heterocycles. The van der Waals surface area contributed by atoms with Crippen LogP contribution >= 0.6 is 0 Å². The van der Waals surface area contributed by atoms with E-state index in [9.17, 15) is 9.59 Å². The molecule has 1 fully saturated rings. The van der Waals surface area contributed by atoms with Crippen LogP contribution in [0.1, 0.15) is 13.3 Å². The van der Waals surface area contributed by atoms with E-state index in [1.165, 1.54) is 6.42 Å². The normalized spacial score (nSPS) is 26.6. The summed E-state index contributed by atoms with van der Waals surface area (Å²) in [5.41, 5.74) is 0. The van der Waals surface area contributed by atoms with E-state index >= 15 is 0 Å². The predicted molar refractivity (Wildman–Crippen MR) is 29.2 cm³/mol. The number of hydrogen-bond acceptors (Lipinski definition) is 3. The van der Waals surface area contributed by atoms with Crippen molar-refractivity contribution < 1.29 is 14.3 Å². The fourth-order valence-corrected chi connectivity index (χ4v) is 0.726. The van der Waals surface area contributed by atoms with Crippen LogP contribution in [-0.4, -0.2) is 11.9 Å². The minimum atomic E-state index is -0.508. The van der Waals surface area contributed by atoms with Gasteiger partial charge in [0.25, 0.3) is 0 Å². The Kier molecular flexibility index (Phi) is 1.51. The summed E-state index contributed by atoms with van der Waals surface area (Å²) in [6, 6.07) is 0. The van der Waals surface area contributed by atoms with Gasteiger partial charge in [0.05, 0.1) is 12.3 Å². The topological polar surface area (TPSA) is 43.4 Å². The van der Waals surface area contributed by atoms with Crippen LogP contribution in [0.4, 0.5) is 0 Å². The summed E-state index contributed by atoms with van der Waals surface area (Å²) in [6.07, 6.45) is 1.95. The van der Waals surface area contributed by atoms with Crippen molar-refractivity contribution >= 4 is 11.9 Å². The van der Waals surface area contributed by atoms with Crippen molar-refractivity contribution in [3.05, 3.63) is 6.42 Å². The summed E-state index contributed by atoms with van der Waals surface area (Å²) in [6.45, 7) is 1.83. The third kappa shape index (κ3) is 1.09. The monoisotopic (exact) mass is 127 g/mol. The van der Waals surface area contributed by atoms with E-state index < -0.39 is 11.9 Å². The first-order valence-corrected chi connectivity index (χ1v) is 2.84. The number of carbonyl (C=O) groups is 2. The van der Waals surface area contributed by atoms with E-state index in [4.69, 9.17) is 0 Å². The van der Waals surface area contributed by atoms with Crippen molar-refractivity contribution in [2.24, 2.45) is 5.92 Å². The number of ether oxygens (including phenoxy) is 1. The van der Waals surface area contributed by atoms with Crippen LogP contribution in [-0.2, 0) is 14.3 Å². The van der Waals surface area contributed by atoms with Gasteiger partial charge >= 0.3 is 11.9 Å². The maximum atomic E-state index is 10.5. The van der Waals surface area contributed by atoms with Gasteiger partial charge in [-0.2, -0.15) is 0 Å². The standard InChI is InChI=1S/C6H7O3/c1-2-4-3-5(7)9-6(4)8/h3-4H,2H2,1H3. The molecule has 0 saturated carbocycles. The van der Waals surface area contributed by atoms with Gasteiger partial charge in [0.2, 0.25) is 0 Å². The predicted octanol–water partition coefficient (Wildman–Crippen LogP) is 0.300. The van der Waals surface area contributed by atoms with Gasteiger partial charge in [-0.15, -0.1) is 0 Å². The van der Waals surface area contributed by atoms with E-state index in [-0.39, 0.29) is 5.92 Å². The molecule has 1 saturated heterocycles. The number of cyclic esters (lactones) is 2. The Bertz CT molecular complexity index is 150. The van der Waals surface area contributed by atoms with Gasteiger partial charge in [0.1, 0.15) is 0 Å². The molecule has 0 aliphatic carbocycles. The van der Waals surface area contributed by atoms with Gasteiger partial charge in [-0.1, -0.05) is 6.92 Å². The van der Waals surface area contributed by atoms with Crippen LogP contribution < -0.4 is 0 Å². The lowest BCUT2D eigenvalue weighted by Crippen LogP contribution is -2.05. The number of esters is 2. The van der Waals surface area contributed by atoms with Crippen LogP contribution in [0.5, 0.6) is 0 Å². The molecule has 1 atom stereocenters. The first-order valence-electron chi connectivity index (χ1n) is 2.84. The van der Waals surface area contributed by atoms with Crippen molar-refractivity contribution in [1.82, 2.24) is 0 Å². The molecule has 0 amide bonds. The minimum Gasteiger partial charge on any atom is -0.393 e. The van der Waals surface area contributed by atoms with E-state index in [0.717, 1.165) is 0 Å². The molecule has 49 valence electrons. The fourth-order valence-electron chi connectivity index (χ4n) is 0.726. The lowest BCUT2D eigenvalue weighted by atomic mass is 10.1. The van der Waals surface area contributed by atoms with Crippen molar-refractivity contribution in [3.8, 4) is 0 Å². The molecule has 0 N–H and O–H groups in total. The van der Waals surface area contributed by atoms with E-state index in [2.05, 4.69) is 4.74 Å². The van der Waals surface area contributed by atoms with Crippen LogP contribution in [0.25, 0.3) is 0 Å². The zero-order valence-corrected chi connectivity index (χ0v) is 5.09. The zero-order chi connectivity index (χ0) is 6.85. The molecule has 3 nitrogen and oxygen atoms in total. The second kappa shape index (κ2) is 2.17. The van der Waals surface area contributed by atoms with E-state index in [0.29, 0.717) is 6.42 Å². The highest BCUT2D eigenvalue weighted by molar-refractivity contribution is 6.00. The van der Waals surface area contributed by atoms with Gasteiger partial charge in [0, 0.05) is 0 Å². The molecule has 0 aromatic rings. The molecule has 1 aliphatic rings. The SMILES string of the molecule is CCC1[CH]C(=O)OC1=O. The smallest absolute Gasteiger partial charge is 0.318 e. The molecule has 1 radical (unpaired) electrons. The molecule has 1 rings (SSSR count). The average molecular weight is 127 g/mol. The quantitative estimate of drug-likeness (QED) is 0.376. The Morgan fingerprint density at radius 1 is 1.67 bits per heavy atom. The molecule has 0 bridgehead atoms. The molecule has 0 aromatic heterocycles. The van der Waals surface area contributed by atoms with Crippen molar-refractivity contribution in [1.29, 1.82) is 0 Å². The molecule has 9 heavy (non-hydrogen) atoms. The third-order valence-electron chi connectivity index (χ3n) is 1.28. The van der Waals surface area contributed by atoms with Crippen molar-refractivity contribution in [2.45, 2.75) is 13.3 Å². The summed E-state index contributed by atoms with van der Waals surface area (Å²) in [4.78, 5) is 20.9. The number of carbonyl (C=O) groups excluding carboxylic acids is 2. The largest absolute Gasteiger partial charge is 0.393 e. The Hall–Kier alpha value is -0.860. The number of hydrogen-bond donors (Lipinski definition) is 0. The third-order valence-corrected chi connectivity index (χ3v) is 1.28. The second-order valence-electron chi connectivity index (χ2n) is 1.92. The highest BCUT2D eigenvalue weighted by Crippen LogP contribution is 2.16. The average Bonchev–Trinajstić information content (AvgIpc) is 2.10. The van der Waals surface area contributed by atoms with Gasteiger partial charge in [0.15, 0.2) is 0 Å². The molecule has 1 unspecified atom stereocenters. The Morgan fingerprint density at radius 2 is 2.33 bits per heavy atom. The highest BCUT2D eigenvalue weighted by Gasteiger charge is 2.31. The molecule has 3 heteroatoms. The Morgan fingerprint density at radius 3 is 2.56 bits per heavy atom. The second-order valence-corrected chi connectivity index (χ2v) is 1.92. The van der Waals surface area contributed by atoms with Crippen LogP contribution in [0, 0.1) is 12.3 Å². The van der Waals surface area contributed by atoms with E-state index in [1.807, 2.05) is 6.92 Å². The van der Waals surface area contributed by atoms with Crippen molar-refractivity contribution in [2.75, 3.05) is 0 Å². The maximum absolute atomic E-state index is 10.5. The molecule has 0 aromatic carbocycles. The Labute approximate surface area is 53.0 Å². The molecule has 0 spiro atoms. The lowest BCUT2D eigenvalue weighted by molar-refractivity contribution is -0.152. The first kappa shape index (κ1) is 6.26. The number of rotatable bonds is 1. The van der Waals surface area contributed by atoms with Gasteiger partial charge < -0.3 is 4.74 Å². The molecular weight excluding hydrogens is 120 g/mol.